The first-order valence-electron chi connectivity index (χ1n) is 6.02. The van der Waals surface area contributed by atoms with Gasteiger partial charge in [-0.05, 0) is 30.7 Å². The predicted molar refractivity (Wildman–Crippen MR) is 74.1 cm³/mol. The Kier molecular flexibility index (Phi) is 4.66. The van der Waals surface area contributed by atoms with Crippen LogP contribution in [-0.2, 0) is 16.6 Å². The van der Waals surface area contributed by atoms with Gasteiger partial charge in [0.1, 0.15) is 0 Å². The lowest BCUT2D eigenvalue weighted by Gasteiger charge is -2.07. The number of hydrogen-bond donors (Lipinski definition) is 3. The Morgan fingerprint density at radius 2 is 2.00 bits per heavy atom. The van der Waals surface area contributed by atoms with Crippen LogP contribution in [-0.4, -0.2) is 30.0 Å². The highest BCUT2D eigenvalue weighted by atomic mass is 32.2. The summed E-state index contributed by atoms with van der Waals surface area (Å²) in [7, 11) is -3.49. The fourth-order valence-corrected chi connectivity index (χ4v) is 2.69. The fraction of sp³-hybridized carbons (Fsp3) is 0.273. The minimum Gasteiger partial charge on any atom is -0.324 e. The maximum absolute atomic E-state index is 12.0. The van der Waals surface area contributed by atoms with Gasteiger partial charge in [-0.1, -0.05) is 5.21 Å². The molecule has 0 saturated carbocycles. The Bertz CT molecular complexity index is 623. The molecular formula is C11H16N6O2S. The number of aryl methyl sites for hydroxylation is 1. The predicted octanol–water partition coefficient (Wildman–Crippen LogP) is -0.0677. The van der Waals surface area contributed by atoms with Gasteiger partial charge in [0.2, 0.25) is 10.0 Å². The fourth-order valence-electron chi connectivity index (χ4n) is 1.61. The molecule has 0 aliphatic heterocycles. The molecule has 1 aromatic heterocycles. The van der Waals surface area contributed by atoms with Crippen LogP contribution < -0.4 is 16.0 Å². The second-order valence-electron chi connectivity index (χ2n) is 4.09. The van der Waals surface area contributed by atoms with Crippen LogP contribution in [0.25, 0.3) is 0 Å². The average Bonchev–Trinajstić information content (AvgIpc) is 2.97. The number of rotatable bonds is 7. The van der Waals surface area contributed by atoms with Gasteiger partial charge >= 0.3 is 0 Å². The maximum Gasteiger partial charge on any atom is 0.240 e. The Morgan fingerprint density at radius 3 is 2.60 bits per heavy atom. The first-order valence-corrected chi connectivity index (χ1v) is 7.50. The molecule has 108 valence electrons. The molecule has 1 heterocycles. The van der Waals surface area contributed by atoms with E-state index in [4.69, 9.17) is 5.84 Å². The van der Waals surface area contributed by atoms with Gasteiger partial charge in [-0.25, -0.2) is 13.1 Å². The third-order valence-corrected chi connectivity index (χ3v) is 4.14. The normalized spacial score (nSPS) is 11.4. The van der Waals surface area contributed by atoms with Crippen molar-refractivity contribution < 1.29 is 8.42 Å². The zero-order valence-electron chi connectivity index (χ0n) is 10.7. The van der Waals surface area contributed by atoms with Crippen molar-refractivity contribution >= 4 is 15.7 Å². The highest BCUT2D eigenvalue weighted by molar-refractivity contribution is 7.89. The topological polar surface area (TPSA) is 115 Å². The largest absolute Gasteiger partial charge is 0.324 e. The number of hydrazine groups is 1. The quantitative estimate of drug-likeness (QED) is 0.374. The summed E-state index contributed by atoms with van der Waals surface area (Å²) in [6.45, 7) is 0.942. The summed E-state index contributed by atoms with van der Waals surface area (Å²) >= 11 is 0. The monoisotopic (exact) mass is 296 g/mol. The first kappa shape index (κ1) is 14.4. The number of hydrogen-bond acceptors (Lipinski definition) is 6. The van der Waals surface area contributed by atoms with Crippen molar-refractivity contribution in [2.45, 2.75) is 17.9 Å². The number of nitrogen functional groups attached to an aromatic ring is 1. The minimum absolute atomic E-state index is 0.206. The summed E-state index contributed by atoms with van der Waals surface area (Å²) in [6, 6.07) is 6.19. The van der Waals surface area contributed by atoms with Crippen molar-refractivity contribution in [2.75, 3.05) is 12.0 Å². The van der Waals surface area contributed by atoms with E-state index in [0.29, 0.717) is 25.2 Å². The number of anilines is 1. The lowest BCUT2D eigenvalue weighted by atomic mass is 10.3. The summed E-state index contributed by atoms with van der Waals surface area (Å²) in [4.78, 5) is 0.206. The molecule has 20 heavy (non-hydrogen) atoms. The summed E-state index contributed by atoms with van der Waals surface area (Å²) in [5.41, 5.74) is 3.09. The molecule has 2 rings (SSSR count). The molecule has 0 saturated heterocycles. The Hall–Kier alpha value is -1.97. The zero-order valence-corrected chi connectivity index (χ0v) is 11.5. The van der Waals surface area contributed by atoms with E-state index in [9.17, 15) is 8.42 Å². The van der Waals surface area contributed by atoms with Crippen LogP contribution in [0.15, 0.2) is 41.6 Å². The van der Waals surface area contributed by atoms with E-state index in [1.165, 1.54) is 12.1 Å². The molecule has 0 unspecified atom stereocenters. The van der Waals surface area contributed by atoms with E-state index in [-0.39, 0.29) is 4.90 Å². The smallest absolute Gasteiger partial charge is 0.240 e. The second kappa shape index (κ2) is 6.46. The minimum atomic E-state index is -3.49. The van der Waals surface area contributed by atoms with Gasteiger partial charge in [0, 0.05) is 25.0 Å². The van der Waals surface area contributed by atoms with Crippen LogP contribution in [0.5, 0.6) is 0 Å². The van der Waals surface area contributed by atoms with Crippen LogP contribution in [0.3, 0.4) is 0 Å². The van der Waals surface area contributed by atoms with Crippen LogP contribution >= 0.6 is 0 Å². The number of benzene rings is 1. The molecule has 0 atom stereocenters. The number of nitrogens with one attached hydrogen (secondary N) is 2. The van der Waals surface area contributed by atoms with Crippen LogP contribution in [0.4, 0.5) is 5.69 Å². The van der Waals surface area contributed by atoms with Gasteiger partial charge in [0.05, 0.1) is 11.1 Å². The van der Waals surface area contributed by atoms with E-state index in [0.717, 1.165) is 0 Å². The zero-order chi connectivity index (χ0) is 14.4. The van der Waals surface area contributed by atoms with Gasteiger partial charge < -0.3 is 5.43 Å². The summed E-state index contributed by atoms with van der Waals surface area (Å²) in [6.07, 6.45) is 3.94. The molecule has 2 aromatic rings. The standard InChI is InChI=1S/C11H16N6O2S/c12-15-10-2-4-11(5-3-10)20(18,19)14-6-1-8-17-9-7-13-16-17/h2-5,7,9,14-15H,1,6,8,12H2. The number of nitrogens with two attached hydrogens (primary N) is 1. The number of aromatic nitrogens is 3. The Balaban J connectivity index is 1.86. The molecule has 1 aromatic carbocycles. The van der Waals surface area contributed by atoms with Crippen LogP contribution in [0.1, 0.15) is 6.42 Å². The molecule has 4 N–H and O–H groups in total. The third-order valence-electron chi connectivity index (χ3n) is 2.66. The summed E-state index contributed by atoms with van der Waals surface area (Å²) in [5, 5.41) is 7.47. The third kappa shape index (κ3) is 3.76. The SMILES string of the molecule is NNc1ccc(S(=O)(=O)NCCCn2ccnn2)cc1. The van der Waals surface area contributed by atoms with Crippen molar-refractivity contribution in [3.8, 4) is 0 Å². The van der Waals surface area contributed by atoms with Gasteiger partial charge in [-0.15, -0.1) is 5.10 Å². The van der Waals surface area contributed by atoms with Crippen molar-refractivity contribution in [1.82, 2.24) is 19.7 Å². The lowest BCUT2D eigenvalue weighted by Crippen LogP contribution is -2.25. The van der Waals surface area contributed by atoms with Crippen molar-refractivity contribution in [1.29, 1.82) is 0 Å². The van der Waals surface area contributed by atoms with Gasteiger partial charge in [-0.2, -0.15) is 0 Å². The maximum atomic E-state index is 12.0. The highest BCUT2D eigenvalue weighted by Gasteiger charge is 2.12. The van der Waals surface area contributed by atoms with E-state index in [1.807, 2.05) is 0 Å². The van der Waals surface area contributed by atoms with E-state index >= 15 is 0 Å². The summed E-state index contributed by atoms with van der Waals surface area (Å²) in [5.74, 6) is 5.23. The number of sulfonamides is 1. The number of nitrogens with zero attached hydrogens (tertiary/aromatic N) is 3. The lowest BCUT2D eigenvalue weighted by molar-refractivity contribution is 0.542. The molecule has 0 spiro atoms. The van der Waals surface area contributed by atoms with E-state index in [1.54, 1.807) is 29.2 Å². The van der Waals surface area contributed by atoms with Gasteiger partial charge in [-0.3, -0.25) is 10.5 Å². The molecule has 0 aliphatic rings. The van der Waals surface area contributed by atoms with E-state index in [2.05, 4.69) is 20.5 Å². The molecule has 0 fully saturated rings. The molecule has 0 amide bonds. The van der Waals surface area contributed by atoms with Crippen LogP contribution in [0, 0.1) is 0 Å². The highest BCUT2D eigenvalue weighted by Crippen LogP contribution is 2.12. The van der Waals surface area contributed by atoms with Crippen molar-refractivity contribution in [3.63, 3.8) is 0 Å². The van der Waals surface area contributed by atoms with Crippen LogP contribution in [0.2, 0.25) is 0 Å². The molecule has 0 radical (unpaired) electrons. The molecule has 0 aliphatic carbocycles. The van der Waals surface area contributed by atoms with Gasteiger partial charge in [0.25, 0.3) is 0 Å². The average molecular weight is 296 g/mol. The summed E-state index contributed by atoms with van der Waals surface area (Å²) < 4.78 is 28.2. The Labute approximate surface area is 117 Å². The first-order chi connectivity index (χ1) is 9.62. The van der Waals surface area contributed by atoms with Crippen molar-refractivity contribution in [3.05, 3.63) is 36.7 Å². The van der Waals surface area contributed by atoms with Crippen molar-refractivity contribution in [2.24, 2.45) is 5.84 Å². The molecule has 9 heteroatoms. The molecule has 0 bridgehead atoms. The second-order valence-corrected chi connectivity index (χ2v) is 5.85. The van der Waals surface area contributed by atoms with Gasteiger partial charge in [0.15, 0.2) is 0 Å². The molecular weight excluding hydrogens is 280 g/mol. The Morgan fingerprint density at radius 1 is 1.25 bits per heavy atom. The molecule has 8 nitrogen and oxygen atoms in total. The van der Waals surface area contributed by atoms with E-state index < -0.39 is 10.0 Å².